The summed E-state index contributed by atoms with van der Waals surface area (Å²) in [4.78, 5) is 37.2. The maximum atomic E-state index is 14.7. The number of rotatable bonds is 21. The Balaban J connectivity index is 1.44. The zero-order chi connectivity index (χ0) is 33.9. The number of benzene rings is 3. The molecule has 0 amide bonds. The quantitative estimate of drug-likeness (QED) is 0.0641. The van der Waals surface area contributed by atoms with Crippen LogP contribution < -0.4 is 9.47 Å². The van der Waals surface area contributed by atoms with Gasteiger partial charge < -0.3 is 23.7 Å². The van der Waals surface area contributed by atoms with Crippen LogP contribution in [-0.2, 0) is 19.0 Å². The lowest BCUT2D eigenvalue weighted by Crippen LogP contribution is -2.27. The Kier molecular flexibility index (Phi) is 16.5. The average molecular weight is 651 g/mol. The van der Waals surface area contributed by atoms with Gasteiger partial charge in [0.1, 0.15) is 23.9 Å². The lowest BCUT2D eigenvalue weighted by atomic mass is 10.0. The standard InChI is InChI=1S/C38H47FO8/c1-4-6-7-8-9-10-11-12-24-44-32-19-17-30(18-20-32)29-13-15-31(16-14-29)37(41)47-33-21-22-34(35(39)27-33)38(42)46-28(3)36(40)45-26-25-43-23-5-2/h13-22,27-28H,4-12,23-26H2,1-3H3/t28-/m0/s1. The molecule has 0 N–H and O–H groups in total. The van der Waals surface area contributed by atoms with Gasteiger partial charge in [-0.3, -0.25) is 0 Å². The van der Waals surface area contributed by atoms with Crippen LogP contribution in [0.5, 0.6) is 11.5 Å². The van der Waals surface area contributed by atoms with Crippen LogP contribution in [0, 0.1) is 5.82 Å². The Hall–Kier alpha value is -4.24. The summed E-state index contributed by atoms with van der Waals surface area (Å²) in [6, 6.07) is 18.0. The third kappa shape index (κ3) is 13.2. The van der Waals surface area contributed by atoms with E-state index in [1.54, 1.807) is 24.3 Å². The Bertz CT molecular complexity index is 1390. The van der Waals surface area contributed by atoms with Crippen molar-refractivity contribution in [2.75, 3.05) is 26.4 Å². The molecule has 1 atom stereocenters. The minimum atomic E-state index is -1.25. The highest BCUT2D eigenvalue weighted by atomic mass is 19.1. The van der Waals surface area contributed by atoms with Gasteiger partial charge in [0.25, 0.3) is 0 Å². The number of ether oxygens (including phenoxy) is 5. The molecule has 3 rings (SSSR count). The van der Waals surface area contributed by atoms with Crippen molar-refractivity contribution in [1.82, 2.24) is 0 Å². The first-order valence-corrected chi connectivity index (χ1v) is 16.6. The van der Waals surface area contributed by atoms with Gasteiger partial charge >= 0.3 is 17.9 Å². The number of carbonyl (C=O) groups is 3. The molecule has 0 fully saturated rings. The van der Waals surface area contributed by atoms with Crippen LogP contribution in [-0.4, -0.2) is 50.4 Å². The molecular weight excluding hydrogens is 603 g/mol. The maximum absolute atomic E-state index is 14.7. The predicted octanol–water partition coefficient (Wildman–Crippen LogP) is 8.75. The predicted molar refractivity (Wildman–Crippen MR) is 178 cm³/mol. The number of halogens is 1. The molecule has 0 aliphatic heterocycles. The van der Waals surface area contributed by atoms with Crippen molar-refractivity contribution >= 4 is 17.9 Å². The second-order valence-electron chi connectivity index (χ2n) is 11.3. The molecule has 8 nitrogen and oxygen atoms in total. The lowest BCUT2D eigenvalue weighted by Gasteiger charge is -2.13. The van der Waals surface area contributed by atoms with Crippen LogP contribution in [0.25, 0.3) is 11.1 Å². The van der Waals surface area contributed by atoms with Crippen molar-refractivity contribution in [2.24, 2.45) is 0 Å². The number of esters is 3. The number of hydrogen-bond donors (Lipinski definition) is 0. The van der Waals surface area contributed by atoms with E-state index in [0.717, 1.165) is 41.9 Å². The zero-order valence-electron chi connectivity index (χ0n) is 27.8. The van der Waals surface area contributed by atoms with Crippen LogP contribution in [0.3, 0.4) is 0 Å². The first-order valence-electron chi connectivity index (χ1n) is 16.6. The van der Waals surface area contributed by atoms with Crippen molar-refractivity contribution in [2.45, 2.75) is 84.7 Å². The third-order valence-electron chi connectivity index (χ3n) is 7.38. The van der Waals surface area contributed by atoms with Gasteiger partial charge in [-0.25, -0.2) is 18.8 Å². The molecule has 0 aliphatic carbocycles. The van der Waals surface area contributed by atoms with E-state index in [-0.39, 0.29) is 24.5 Å². The number of hydrogen-bond acceptors (Lipinski definition) is 8. The first-order chi connectivity index (χ1) is 22.8. The van der Waals surface area contributed by atoms with Gasteiger partial charge in [-0.15, -0.1) is 0 Å². The van der Waals surface area contributed by atoms with Crippen molar-refractivity contribution < 1.29 is 42.5 Å². The molecule has 0 unspecified atom stereocenters. The minimum absolute atomic E-state index is 0.0138. The second kappa shape index (κ2) is 20.8. The smallest absolute Gasteiger partial charge is 0.347 e. The summed E-state index contributed by atoms with van der Waals surface area (Å²) in [6.07, 6.45) is 9.64. The molecule has 0 aromatic heterocycles. The van der Waals surface area contributed by atoms with Crippen LogP contribution in [0.2, 0.25) is 0 Å². The molecule has 0 saturated heterocycles. The summed E-state index contributed by atoms with van der Waals surface area (Å²) in [6.45, 7) is 7.00. The zero-order valence-corrected chi connectivity index (χ0v) is 27.8. The molecule has 0 heterocycles. The summed E-state index contributed by atoms with van der Waals surface area (Å²) in [7, 11) is 0. The van der Waals surface area contributed by atoms with Gasteiger partial charge in [0.2, 0.25) is 0 Å². The van der Waals surface area contributed by atoms with Crippen LogP contribution in [0.4, 0.5) is 4.39 Å². The van der Waals surface area contributed by atoms with E-state index < -0.39 is 35.4 Å². The fourth-order valence-electron chi connectivity index (χ4n) is 4.70. The highest BCUT2D eigenvalue weighted by Crippen LogP contribution is 2.24. The number of unbranched alkanes of at least 4 members (excludes halogenated alkanes) is 7. The highest BCUT2D eigenvalue weighted by molar-refractivity contribution is 5.93. The van der Waals surface area contributed by atoms with Crippen LogP contribution >= 0.6 is 0 Å². The van der Waals surface area contributed by atoms with Gasteiger partial charge in [-0.1, -0.05) is 83.1 Å². The van der Waals surface area contributed by atoms with E-state index >= 15 is 0 Å². The fourth-order valence-corrected chi connectivity index (χ4v) is 4.70. The molecule has 0 aliphatic rings. The summed E-state index contributed by atoms with van der Waals surface area (Å²) in [5.74, 6) is -2.74. The number of carbonyl (C=O) groups excluding carboxylic acids is 3. The summed E-state index contributed by atoms with van der Waals surface area (Å²) in [5, 5.41) is 0. The molecule has 0 radical (unpaired) electrons. The minimum Gasteiger partial charge on any atom is -0.494 e. The molecule has 3 aromatic rings. The summed E-state index contributed by atoms with van der Waals surface area (Å²) < 4.78 is 41.2. The van der Waals surface area contributed by atoms with E-state index in [1.807, 2.05) is 31.2 Å². The van der Waals surface area contributed by atoms with Crippen molar-refractivity contribution in [3.63, 3.8) is 0 Å². The van der Waals surface area contributed by atoms with Gasteiger partial charge in [-0.05, 0) is 67.3 Å². The normalized spacial score (nSPS) is 11.5. The third-order valence-corrected chi connectivity index (χ3v) is 7.38. The van der Waals surface area contributed by atoms with E-state index in [1.165, 1.54) is 57.9 Å². The summed E-state index contributed by atoms with van der Waals surface area (Å²) in [5.41, 5.74) is 1.74. The topological polar surface area (TPSA) is 97.4 Å². The molecule has 9 heteroatoms. The Morgan fingerprint density at radius 1 is 0.660 bits per heavy atom. The molecule has 254 valence electrons. The van der Waals surface area contributed by atoms with E-state index in [0.29, 0.717) is 13.2 Å². The molecule has 47 heavy (non-hydrogen) atoms. The lowest BCUT2D eigenvalue weighted by molar-refractivity contribution is -0.154. The first kappa shape index (κ1) is 37.2. The second-order valence-corrected chi connectivity index (χ2v) is 11.3. The SMILES string of the molecule is CCCCCCCCCCOc1ccc(-c2ccc(C(=O)Oc3ccc(C(=O)O[C@@H](C)C(=O)OCCOCCC)c(F)c3)cc2)cc1. The monoisotopic (exact) mass is 650 g/mol. The van der Waals surface area contributed by atoms with Crippen molar-refractivity contribution in [1.29, 1.82) is 0 Å². The van der Waals surface area contributed by atoms with Crippen LogP contribution in [0.1, 0.15) is 99.3 Å². The molecule has 0 saturated carbocycles. The Labute approximate surface area is 277 Å². The van der Waals surface area contributed by atoms with Gasteiger partial charge in [0.15, 0.2) is 6.10 Å². The van der Waals surface area contributed by atoms with Crippen molar-refractivity contribution in [3.8, 4) is 22.6 Å². The van der Waals surface area contributed by atoms with E-state index in [4.69, 9.17) is 23.7 Å². The van der Waals surface area contributed by atoms with E-state index in [2.05, 4.69) is 6.92 Å². The molecular formula is C38H47FO8. The molecule has 0 bridgehead atoms. The summed E-state index contributed by atoms with van der Waals surface area (Å²) >= 11 is 0. The van der Waals surface area contributed by atoms with Gasteiger partial charge in [0, 0.05) is 12.7 Å². The highest BCUT2D eigenvalue weighted by Gasteiger charge is 2.23. The largest absolute Gasteiger partial charge is 0.494 e. The average Bonchev–Trinajstić information content (AvgIpc) is 3.07. The van der Waals surface area contributed by atoms with Crippen LogP contribution in [0.15, 0.2) is 66.7 Å². The molecule has 3 aromatic carbocycles. The Morgan fingerprint density at radius 3 is 1.91 bits per heavy atom. The van der Waals surface area contributed by atoms with Gasteiger partial charge in [-0.2, -0.15) is 0 Å². The fraction of sp³-hybridized carbons (Fsp3) is 0.447. The van der Waals surface area contributed by atoms with E-state index in [9.17, 15) is 18.8 Å². The molecule has 0 spiro atoms. The Morgan fingerprint density at radius 2 is 1.28 bits per heavy atom. The van der Waals surface area contributed by atoms with Gasteiger partial charge in [0.05, 0.1) is 24.3 Å². The van der Waals surface area contributed by atoms with Crippen molar-refractivity contribution in [3.05, 3.63) is 83.7 Å². The maximum Gasteiger partial charge on any atom is 0.347 e.